The van der Waals surface area contributed by atoms with Gasteiger partial charge in [-0.1, -0.05) is 27.2 Å². The van der Waals surface area contributed by atoms with Gasteiger partial charge < -0.3 is 10.2 Å². The Labute approximate surface area is 101 Å². The van der Waals surface area contributed by atoms with E-state index >= 15 is 0 Å². The van der Waals surface area contributed by atoms with Gasteiger partial charge in [-0.25, -0.2) is 0 Å². The van der Waals surface area contributed by atoms with E-state index in [1.807, 2.05) is 6.07 Å². The van der Waals surface area contributed by atoms with E-state index < -0.39 is 0 Å². The topological polar surface area (TPSA) is 48.4 Å². The summed E-state index contributed by atoms with van der Waals surface area (Å²) in [7, 11) is 0. The van der Waals surface area contributed by atoms with Crippen LogP contribution in [0.25, 0.3) is 10.9 Å². The first-order chi connectivity index (χ1) is 7.79. The fourth-order valence-electron chi connectivity index (χ4n) is 2.40. The van der Waals surface area contributed by atoms with Crippen molar-refractivity contribution in [3.63, 3.8) is 0 Å². The highest BCUT2D eigenvalue weighted by atomic mass is 79.9. The summed E-state index contributed by atoms with van der Waals surface area (Å²) in [5.74, 6) is 0. The molecule has 0 aliphatic heterocycles. The minimum atomic E-state index is 0.801. The number of halogens is 1. The van der Waals surface area contributed by atoms with Crippen LogP contribution < -0.4 is 0 Å². The predicted octanol–water partition coefficient (Wildman–Crippen LogP) is 3.45. The average molecular weight is 279 g/mol. The van der Waals surface area contributed by atoms with Crippen molar-refractivity contribution in [3.05, 3.63) is 33.9 Å². The summed E-state index contributed by atoms with van der Waals surface area (Å²) in [5, 5.41) is 13.6. The molecule has 4 heteroatoms. The number of fused-ring (bicyclic) bond motifs is 3. The zero-order valence-corrected chi connectivity index (χ0v) is 10.2. The van der Waals surface area contributed by atoms with Crippen molar-refractivity contribution in [1.82, 2.24) is 4.98 Å². The van der Waals surface area contributed by atoms with Crippen molar-refractivity contribution >= 4 is 32.5 Å². The van der Waals surface area contributed by atoms with Crippen LogP contribution in [0.2, 0.25) is 0 Å². The van der Waals surface area contributed by atoms with Crippen molar-refractivity contribution in [1.29, 1.82) is 0 Å². The molecule has 1 aromatic carbocycles. The van der Waals surface area contributed by atoms with Gasteiger partial charge in [-0.15, -0.1) is 0 Å². The van der Waals surface area contributed by atoms with Gasteiger partial charge in [0.05, 0.1) is 5.71 Å². The third-order valence-corrected chi connectivity index (χ3v) is 3.58. The number of benzene rings is 1. The maximum Gasteiger partial charge on any atom is 0.0892 e. The molecule has 1 heterocycles. The molecule has 0 fully saturated rings. The standard InChI is InChI=1S/C12H11BrN2O/c13-7-4-5-8-11(6-7)14-9-2-1-3-10(15-16)12(8)9/h4-6,14,16H,1-3H2. The monoisotopic (exact) mass is 278 g/mol. The van der Waals surface area contributed by atoms with Gasteiger partial charge in [-0.2, -0.15) is 0 Å². The summed E-state index contributed by atoms with van der Waals surface area (Å²) in [6.07, 6.45) is 2.92. The Morgan fingerprint density at radius 2 is 2.19 bits per heavy atom. The van der Waals surface area contributed by atoms with Crippen molar-refractivity contribution in [2.45, 2.75) is 19.3 Å². The smallest absolute Gasteiger partial charge is 0.0892 e. The SMILES string of the molecule is ON=C1CCCc2[nH]c3cc(Br)ccc3c21. The lowest BCUT2D eigenvalue weighted by atomic mass is 9.94. The average Bonchev–Trinajstić information content (AvgIpc) is 2.65. The largest absolute Gasteiger partial charge is 0.411 e. The molecular weight excluding hydrogens is 268 g/mol. The maximum atomic E-state index is 9.04. The lowest BCUT2D eigenvalue weighted by Gasteiger charge is -2.12. The second-order valence-corrected chi connectivity index (χ2v) is 4.98. The Bertz CT molecular complexity index is 586. The first kappa shape index (κ1) is 9.90. The number of aromatic nitrogens is 1. The molecule has 0 radical (unpaired) electrons. The van der Waals surface area contributed by atoms with Gasteiger partial charge in [-0.3, -0.25) is 0 Å². The van der Waals surface area contributed by atoms with Crippen LogP contribution in [-0.4, -0.2) is 15.9 Å². The highest BCUT2D eigenvalue weighted by Crippen LogP contribution is 2.30. The van der Waals surface area contributed by atoms with Gasteiger partial charge in [0.2, 0.25) is 0 Å². The molecule has 0 unspecified atom stereocenters. The Morgan fingerprint density at radius 1 is 1.31 bits per heavy atom. The second kappa shape index (κ2) is 3.63. The van der Waals surface area contributed by atoms with Crippen molar-refractivity contribution in [3.8, 4) is 0 Å². The van der Waals surface area contributed by atoms with Crippen LogP contribution in [0.1, 0.15) is 24.1 Å². The molecule has 0 bridgehead atoms. The minimum Gasteiger partial charge on any atom is -0.411 e. The van der Waals surface area contributed by atoms with E-state index in [2.05, 4.69) is 38.2 Å². The number of H-pyrrole nitrogens is 1. The second-order valence-electron chi connectivity index (χ2n) is 4.07. The molecule has 0 spiro atoms. The molecule has 3 nitrogen and oxygen atoms in total. The van der Waals surface area contributed by atoms with Gasteiger partial charge in [0.15, 0.2) is 0 Å². The van der Waals surface area contributed by atoms with E-state index in [4.69, 9.17) is 5.21 Å². The van der Waals surface area contributed by atoms with E-state index in [0.717, 1.165) is 45.9 Å². The number of hydrogen-bond acceptors (Lipinski definition) is 2. The molecule has 0 atom stereocenters. The molecule has 2 N–H and O–H groups in total. The van der Waals surface area contributed by atoms with Gasteiger partial charge >= 0.3 is 0 Å². The molecule has 3 rings (SSSR count). The van der Waals surface area contributed by atoms with E-state index in [1.54, 1.807) is 0 Å². The molecule has 82 valence electrons. The summed E-state index contributed by atoms with van der Waals surface area (Å²) in [6.45, 7) is 0. The number of rotatable bonds is 0. The van der Waals surface area contributed by atoms with Crippen LogP contribution in [0.3, 0.4) is 0 Å². The first-order valence-electron chi connectivity index (χ1n) is 5.31. The van der Waals surface area contributed by atoms with Crippen molar-refractivity contribution in [2.75, 3.05) is 0 Å². The Kier molecular flexibility index (Phi) is 2.24. The van der Waals surface area contributed by atoms with Crippen LogP contribution in [0.5, 0.6) is 0 Å². The number of hydrogen-bond donors (Lipinski definition) is 2. The highest BCUT2D eigenvalue weighted by molar-refractivity contribution is 9.10. The molecule has 2 aromatic rings. The molecule has 1 aliphatic rings. The third-order valence-electron chi connectivity index (χ3n) is 3.09. The van der Waals surface area contributed by atoms with Crippen LogP contribution in [-0.2, 0) is 6.42 Å². The van der Waals surface area contributed by atoms with Gasteiger partial charge in [0.25, 0.3) is 0 Å². The molecule has 1 aliphatic carbocycles. The van der Waals surface area contributed by atoms with E-state index in [-0.39, 0.29) is 0 Å². The van der Waals surface area contributed by atoms with E-state index in [1.165, 1.54) is 5.69 Å². The lowest BCUT2D eigenvalue weighted by molar-refractivity contribution is 0.317. The van der Waals surface area contributed by atoms with Crippen molar-refractivity contribution < 1.29 is 5.21 Å². The summed E-state index contributed by atoms with van der Waals surface area (Å²) in [6, 6.07) is 6.13. The summed E-state index contributed by atoms with van der Waals surface area (Å²) >= 11 is 3.46. The Morgan fingerprint density at radius 3 is 3.00 bits per heavy atom. The Hall–Kier alpha value is -1.29. The van der Waals surface area contributed by atoms with Crippen LogP contribution in [0, 0.1) is 0 Å². The number of nitrogens with zero attached hydrogens (tertiary/aromatic N) is 1. The van der Waals surface area contributed by atoms with E-state index in [0.29, 0.717) is 0 Å². The number of oxime groups is 1. The summed E-state index contributed by atoms with van der Waals surface area (Å²) in [4.78, 5) is 3.40. The maximum absolute atomic E-state index is 9.04. The van der Waals surface area contributed by atoms with Crippen LogP contribution >= 0.6 is 15.9 Å². The van der Waals surface area contributed by atoms with Crippen LogP contribution in [0.15, 0.2) is 27.8 Å². The summed E-state index contributed by atoms with van der Waals surface area (Å²) < 4.78 is 1.06. The molecule has 0 saturated carbocycles. The minimum absolute atomic E-state index is 0.801. The zero-order valence-electron chi connectivity index (χ0n) is 8.63. The molecule has 16 heavy (non-hydrogen) atoms. The molecular formula is C12H11BrN2O. The normalized spacial score (nSPS) is 17.9. The van der Waals surface area contributed by atoms with Gasteiger partial charge in [0, 0.05) is 26.6 Å². The fourth-order valence-corrected chi connectivity index (χ4v) is 2.76. The van der Waals surface area contributed by atoms with Gasteiger partial charge in [0.1, 0.15) is 0 Å². The lowest BCUT2D eigenvalue weighted by Crippen LogP contribution is -2.10. The first-order valence-corrected chi connectivity index (χ1v) is 6.10. The molecule has 0 saturated heterocycles. The zero-order chi connectivity index (χ0) is 11.1. The fraction of sp³-hybridized carbons (Fsp3) is 0.250. The molecule has 1 aromatic heterocycles. The van der Waals surface area contributed by atoms with E-state index in [9.17, 15) is 0 Å². The quantitative estimate of drug-likeness (QED) is 0.563. The number of nitrogens with one attached hydrogen (secondary N) is 1. The van der Waals surface area contributed by atoms with Crippen molar-refractivity contribution in [2.24, 2.45) is 5.16 Å². The number of aromatic amines is 1. The third kappa shape index (κ3) is 1.37. The number of aryl methyl sites for hydroxylation is 1. The summed E-state index contributed by atoms with van der Waals surface area (Å²) in [5.41, 5.74) is 4.18. The van der Waals surface area contributed by atoms with Crippen LogP contribution in [0.4, 0.5) is 0 Å². The van der Waals surface area contributed by atoms with Gasteiger partial charge in [-0.05, 0) is 31.4 Å². The highest BCUT2D eigenvalue weighted by Gasteiger charge is 2.21. The predicted molar refractivity (Wildman–Crippen MR) is 67.3 cm³/mol. The Balaban J connectivity index is 2.34. The molecule has 0 amide bonds.